The third kappa shape index (κ3) is 2.08. The van der Waals surface area contributed by atoms with Crippen molar-refractivity contribution in [2.45, 2.75) is 26.3 Å². The van der Waals surface area contributed by atoms with E-state index in [1.807, 2.05) is 26.0 Å². The molecule has 5 heteroatoms. The van der Waals surface area contributed by atoms with Gasteiger partial charge in [-0.05, 0) is 31.0 Å². The Labute approximate surface area is 98.8 Å². The van der Waals surface area contributed by atoms with E-state index in [-0.39, 0.29) is 12.3 Å². The minimum absolute atomic E-state index is 0.224. The molecule has 0 radical (unpaired) electrons. The first-order valence-corrected chi connectivity index (χ1v) is 5.38. The number of nitrogens with one attached hydrogen (secondary N) is 2. The molecule has 1 aromatic rings. The van der Waals surface area contributed by atoms with Crippen molar-refractivity contribution < 1.29 is 14.7 Å². The Morgan fingerprint density at radius 1 is 1.41 bits per heavy atom. The van der Waals surface area contributed by atoms with Gasteiger partial charge < -0.3 is 15.7 Å². The third-order valence-electron chi connectivity index (χ3n) is 3.01. The molecule has 1 aliphatic rings. The van der Waals surface area contributed by atoms with Crippen LogP contribution in [0.15, 0.2) is 12.1 Å². The molecule has 1 aliphatic heterocycles. The summed E-state index contributed by atoms with van der Waals surface area (Å²) in [6.07, 6.45) is -0.224. The molecule has 1 unspecified atom stereocenters. The first-order valence-electron chi connectivity index (χ1n) is 5.38. The minimum Gasteiger partial charge on any atom is -0.481 e. The average molecular weight is 234 g/mol. The smallest absolute Gasteiger partial charge is 0.305 e. The molecule has 1 aromatic carbocycles. The molecule has 0 fully saturated rings. The molecular formula is C12H14N2O3. The van der Waals surface area contributed by atoms with Gasteiger partial charge in [-0.3, -0.25) is 9.59 Å². The molecule has 0 bridgehead atoms. The van der Waals surface area contributed by atoms with E-state index in [0.29, 0.717) is 0 Å². The molecule has 2 rings (SSSR count). The number of aliphatic carboxylic acids is 1. The molecule has 0 spiro atoms. The zero-order chi connectivity index (χ0) is 12.6. The van der Waals surface area contributed by atoms with Crippen molar-refractivity contribution in [3.05, 3.63) is 23.3 Å². The molecule has 90 valence electrons. The molecule has 1 atom stereocenters. The summed E-state index contributed by atoms with van der Waals surface area (Å²) < 4.78 is 0. The van der Waals surface area contributed by atoms with Crippen LogP contribution < -0.4 is 10.6 Å². The molecule has 0 saturated heterocycles. The molecule has 17 heavy (non-hydrogen) atoms. The van der Waals surface area contributed by atoms with E-state index in [2.05, 4.69) is 10.6 Å². The topological polar surface area (TPSA) is 78.4 Å². The van der Waals surface area contributed by atoms with Crippen LogP contribution in [0, 0.1) is 13.8 Å². The number of aryl methyl sites for hydroxylation is 1. The second-order valence-corrected chi connectivity index (χ2v) is 4.21. The number of hydrogen-bond donors (Lipinski definition) is 3. The third-order valence-corrected chi connectivity index (χ3v) is 3.01. The second-order valence-electron chi connectivity index (χ2n) is 4.21. The number of hydrogen-bond acceptors (Lipinski definition) is 3. The van der Waals surface area contributed by atoms with Crippen molar-refractivity contribution in [1.29, 1.82) is 0 Å². The Kier molecular flexibility index (Phi) is 2.75. The number of amides is 1. The lowest BCUT2D eigenvalue weighted by atomic mass is 10.0. The van der Waals surface area contributed by atoms with E-state index in [1.54, 1.807) is 0 Å². The van der Waals surface area contributed by atoms with Crippen LogP contribution in [0.2, 0.25) is 0 Å². The molecule has 0 saturated carbocycles. The number of fused-ring (bicyclic) bond motifs is 1. The van der Waals surface area contributed by atoms with E-state index >= 15 is 0 Å². The minimum atomic E-state index is -0.995. The molecule has 0 aliphatic carbocycles. The van der Waals surface area contributed by atoms with Crippen molar-refractivity contribution in [2.24, 2.45) is 0 Å². The average Bonchev–Trinajstić information content (AvgIpc) is 2.25. The Balaban J connectivity index is 2.33. The van der Waals surface area contributed by atoms with Gasteiger partial charge in [0.05, 0.1) is 17.8 Å². The molecule has 0 aromatic heterocycles. The van der Waals surface area contributed by atoms with Gasteiger partial charge in [0.1, 0.15) is 6.04 Å². The van der Waals surface area contributed by atoms with Crippen LogP contribution in [0.4, 0.5) is 11.4 Å². The summed E-state index contributed by atoms with van der Waals surface area (Å²) in [5.41, 5.74) is 3.61. The highest BCUT2D eigenvalue weighted by molar-refractivity contribution is 6.05. The highest BCUT2D eigenvalue weighted by Gasteiger charge is 2.28. The Hall–Kier alpha value is -2.04. The highest BCUT2D eigenvalue weighted by atomic mass is 16.4. The van der Waals surface area contributed by atoms with Crippen molar-refractivity contribution in [3.8, 4) is 0 Å². The fraction of sp³-hybridized carbons (Fsp3) is 0.333. The number of benzene rings is 1. The Morgan fingerprint density at radius 3 is 2.76 bits per heavy atom. The van der Waals surface area contributed by atoms with Crippen molar-refractivity contribution in [2.75, 3.05) is 10.6 Å². The van der Waals surface area contributed by atoms with Gasteiger partial charge in [0.15, 0.2) is 0 Å². The van der Waals surface area contributed by atoms with Crippen LogP contribution in [-0.2, 0) is 9.59 Å². The predicted molar refractivity (Wildman–Crippen MR) is 64.2 cm³/mol. The van der Waals surface area contributed by atoms with Crippen LogP contribution in [0.3, 0.4) is 0 Å². The number of carbonyl (C=O) groups is 2. The van der Waals surface area contributed by atoms with Crippen molar-refractivity contribution >= 4 is 23.3 Å². The molecule has 1 heterocycles. The molecular weight excluding hydrogens is 220 g/mol. The lowest BCUT2D eigenvalue weighted by Gasteiger charge is -2.27. The van der Waals surface area contributed by atoms with Crippen LogP contribution >= 0.6 is 0 Å². The van der Waals surface area contributed by atoms with Crippen LogP contribution in [0.5, 0.6) is 0 Å². The zero-order valence-corrected chi connectivity index (χ0v) is 9.70. The highest BCUT2D eigenvalue weighted by Crippen LogP contribution is 2.32. The standard InChI is InChI=1S/C12H14N2O3/c1-6-3-4-8-11(7(6)2)14-12(17)9(13-8)5-10(15)16/h3-4,9,13H,5H2,1-2H3,(H,14,17)(H,15,16). The lowest BCUT2D eigenvalue weighted by Crippen LogP contribution is -2.40. The first kappa shape index (κ1) is 11.4. The number of carboxylic acid groups (broad SMARTS) is 1. The van der Waals surface area contributed by atoms with Crippen molar-refractivity contribution in [1.82, 2.24) is 0 Å². The van der Waals surface area contributed by atoms with Gasteiger partial charge in [-0.15, -0.1) is 0 Å². The number of carboxylic acids is 1. The largest absolute Gasteiger partial charge is 0.481 e. The Bertz CT molecular complexity index is 497. The summed E-state index contributed by atoms with van der Waals surface area (Å²) in [6.45, 7) is 3.89. The second kappa shape index (κ2) is 4.08. The maximum atomic E-state index is 11.7. The number of rotatable bonds is 2. The Morgan fingerprint density at radius 2 is 2.12 bits per heavy atom. The maximum Gasteiger partial charge on any atom is 0.305 e. The van der Waals surface area contributed by atoms with E-state index in [4.69, 9.17) is 5.11 Å². The van der Waals surface area contributed by atoms with Crippen molar-refractivity contribution in [3.63, 3.8) is 0 Å². The SMILES string of the molecule is Cc1ccc2c(c1C)NC(=O)C(CC(=O)O)N2. The van der Waals surface area contributed by atoms with Crippen LogP contribution in [0.1, 0.15) is 17.5 Å². The fourth-order valence-corrected chi connectivity index (χ4v) is 1.88. The normalized spacial score (nSPS) is 18.0. The van der Waals surface area contributed by atoms with E-state index in [0.717, 1.165) is 22.5 Å². The van der Waals surface area contributed by atoms with E-state index in [1.165, 1.54) is 0 Å². The van der Waals surface area contributed by atoms with E-state index in [9.17, 15) is 9.59 Å². The summed E-state index contributed by atoms with van der Waals surface area (Å²) in [5, 5.41) is 14.4. The summed E-state index contributed by atoms with van der Waals surface area (Å²) >= 11 is 0. The molecule has 1 amide bonds. The predicted octanol–water partition coefficient (Wildman–Crippen LogP) is 1.51. The molecule has 5 nitrogen and oxygen atoms in total. The molecule has 3 N–H and O–H groups in total. The van der Waals surface area contributed by atoms with Gasteiger partial charge in [-0.1, -0.05) is 6.07 Å². The van der Waals surface area contributed by atoms with Gasteiger partial charge >= 0.3 is 5.97 Å². The summed E-state index contributed by atoms with van der Waals surface area (Å²) in [4.78, 5) is 22.3. The quantitative estimate of drug-likeness (QED) is 0.724. The summed E-state index contributed by atoms with van der Waals surface area (Å²) in [6, 6.07) is 3.09. The number of anilines is 2. The maximum absolute atomic E-state index is 11.7. The fourth-order valence-electron chi connectivity index (χ4n) is 1.88. The zero-order valence-electron chi connectivity index (χ0n) is 9.70. The number of carbonyl (C=O) groups excluding carboxylic acids is 1. The van der Waals surface area contributed by atoms with Crippen LogP contribution in [-0.4, -0.2) is 23.0 Å². The first-order chi connectivity index (χ1) is 7.99. The van der Waals surface area contributed by atoms with Gasteiger partial charge in [0.2, 0.25) is 5.91 Å². The van der Waals surface area contributed by atoms with Gasteiger partial charge in [-0.2, -0.15) is 0 Å². The van der Waals surface area contributed by atoms with Crippen LogP contribution in [0.25, 0.3) is 0 Å². The van der Waals surface area contributed by atoms with Gasteiger partial charge in [0, 0.05) is 0 Å². The summed E-state index contributed by atoms with van der Waals surface area (Å²) in [7, 11) is 0. The van der Waals surface area contributed by atoms with E-state index < -0.39 is 12.0 Å². The summed E-state index contributed by atoms with van der Waals surface area (Å²) in [5.74, 6) is -1.29. The van der Waals surface area contributed by atoms with Gasteiger partial charge in [-0.25, -0.2) is 0 Å². The monoisotopic (exact) mass is 234 g/mol. The lowest BCUT2D eigenvalue weighted by molar-refractivity contribution is -0.138. The van der Waals surface area contributed by atoms with Gasteiger partial charge in [0.25, 0.3) is 0 Å².